The predicted octanol–water partition coefficient (Wildman–Crippen LogP) is 2.39. The molecule has 2 aromatic rings. The van der Waals surface area contributed by atoms with Crippen LogP contribution in [0.25, 0.3) is 0 Å². The Morgan fingerprint density at radius 2 is 1.95 bits per heavy atom. The van der Waals surface area contributed by atoms with Crippen LogP contribution in [-0.4, -0.2) is 14.3 Å². The van der Waals surface area contributed by atoms with Crippen LogP contribution in [-0.2, 0) is 15.8 Å². The number of hydrogen-bond acceptors (Lipinski definition) is 4. The number of anilines is 1. The number of halogens is 1. The van der Waals surface area contributed by atoms with E-state index in [0.29, 0.717) is 21.5 Å². The number of aryl methyl sites for hydroxylation is 1. The van der Waals surface area contributed by atoms with E-state index in [2.05, 4.69) is 21.2 Å². The van der Waals surface area contributed by atoms with E-state index in [-0.39, 0.29) is 17.4 Å². The molecule has 112 valence electrons. The number of amides is 1. The van der Waals surface area contributed by atoms with Crippen molar-refractivity contribution in [1.29, 1.82) is 0 Å². The zero-order valence-corrected chi connectivity index (χ0v) is 13.5. The number of carbonyl (C=O) groups is 1. The molecular formula is C13H13BrN2O4S. The Hall–Kier alpha value is -1.64. The van der Waals surface area contributed by atoms with Crippen LogP contribution in [0.5, 0.6) is 0 Å². The minimum absolute atomic E-state index is 0.218. The van der Waals surface area contributed by atoms with Gasteiger partial charge in [0.2, 0.25) is 10.0 Å². The molecule has 8 heteroatoms. The van der Waals surface area contributed by atoms with E-state index in [1.54, 1.807) is 37.3 Å². The number of sulfonamides is 1. The molecule has 0 spiro atoms. The van der Waals surface area contributed by atoms with Crippen molar-refractivity contribution in [3.63, 3.8) is 0 Å². The van der Waals surface area contributed by atoms with Gasteiger partial charge in [0.1, 0.15) is 0 Å². The number of carbonyl (C=O) groups excluding carboxylic acids is 1. The van der Waals surface area contributed by atoms with Crippen molar-refractivity contribution in [2.75, 3.05) is 5.32 Å². The molecule has 1 aromatic heterocycles. The normalized spacial score (nSPS) is 11.4. The number of nitrogens with two attached hydrogens (primary N) is 1. The van der Waals surface area contributed by atoms with Gasteiger partial charge < -0.3 is 9.73 Å². The highest BCUT2D eigenvalue weighted by molar-refractivity contribution is 9.10. The monoisotopic (exact) mass is 372 g/mol. The molecule has 0 unspecified atom stereocenters. The molecule has 0 radical (unpaired) electrons. The van der Waals surface area contributed by atoms with Gasteiger partial charge in [-0.25, -0.2) is 13.6 Å². The van der Waals surface area contributed by atoms with E-state index >= 15 is 0 Å². The summed E-state index contributed by atoms with van der Waals surface area (Å²) in [5.74, 6) is -0.404. The van der Waals surface area contributed by atoms with E-state index in [1.165, 1.54) is 0 Å². The fourth-order valence-electron chi connectivity index (χ4n) is 1.77. The summed E-state index contributed by atoms with van der Waals surface area (Å²) < 4.78 is 27.7. The summed E-state index contributed by atoms with van der Waals surface area (Å²) in [7, 11) is -3.57. The smallest absolute Gasteiger partial charge is 0.291 e. The summed E-state index contributed by atoms with van der Waals surface area (Å²) in [5.41, 5.74) is 1.79. The lowest BCUT2D eigenvalue weighted by Crippen LogP contribution is -2.15. The first-order valence-electron chi connectivity index (χ1n) is 5.91. The van der Waals surface area contributed by atoms with Gasteiger partial charge in [0, 0.05) is 11.3 Å². The third-order valence-corrected chi connectivity index (χ3v) is 3.80. The zero-order chi connectivity index (χ0) is 15.6. The van der Waals surface area contributed by atoms with Crippen LogP contribution in [0.3, 0.4) is 0 Å². The second-order valence-corrected chi connectivity index (χ2v) is 6.92. The Balaban J connectivity index is 2.10. The quantitative estimate of drug-likeness (QED) is 0.859. The third-order valence-electron chi connectivity index (χ3n) is 2.67. The molecule has 0 saturated heterocycles. The maximum atomic E-state index is 12.0. The van der Waals surface area contributed by atoms with Gasteiger partial charge >= 0.3 is 0 Å². The molecule has 0 atom stereocenters. The molecule has 0 aliphatic carbocycles. The van der Waals surface area contributed by atoms with E-state index in [9.17, 15) is 13.2 Å². The lowest BCUT2D eigenvalue weighted by molar-refractivity contribution is 0.0994. The Morgan fingerprint density at radius 1 is 1.33 bits per heavy atom. The van der Waals surface area contributed by atoms with Gasteiger partial charge in [-0.1, -0.05) is 12.1 Å². The predicted molar refractivity (Wildman–Crippen MR) is 82.4 cm³/mol. The summed E-state index contributed by atoms with van der Waals surface area (Å²) in [5, 5.41) is 7.64. The van der Waals surface area contributed by atoms with Crippen molar-refractivity contribution in [1.82, 2.24) is 0 Å². The maximum absolute atomic E-state index is 12.0. The van der Waals surface area contributed by atoms with Crippen LogP contribution in [0.2, 0.25) is 0 Å². The van der Waals surface area contributed by atoms with Crippen LogP contribution in [0, 0.1) is 6.92 Å². The molecule has 6 nitrogen and oxygen atoms in total. The van der Waals surface area contributed by atoms with Gasteiger partial charge in [-0.3, -0.25) is 4.79 Å². The molecule has 2 rings (SSSR count). The number of primary sulfonamides is 1. The molecule has 21 heavy (non-hydrogen) atoms. The lowest BCUT2D eigenvalue weighted by atomic mass is 10.2. The molecule has 1 aromatic carbocycles. The van der Waals surface area contributed by atoms with Gasteiger partial charge in [-0.15, -0.1) is 0 Å². The molecule has 0 fully saturated rings. The standard InChI is InChI=1S/C13H13BrN2O4S/c1-8-6-11(14)20-12(8)13(17)16-10-4-2-9(3-5-10)7-21(15,18)19/h2-6H,7H2,1H3,(H,16,17)(H2,15,18,19). The third kappa shape index (κ3) is 4.42. The molecular weight excluding hydrogens is 360 g/mol. The van der Waals surface area contributed by atoms with Gasteiger partial charge in [0.15, 0.2) is 10.4 Å². The van der Waals surface area contributed by atoms with Crippen LogP contribution in [0.1, 0.15) is 21.7 Å². The van der Waals surface area contributed by atoms with E-state index in [1.807, 2.05) is 0 Å². The van der Waals surface area contributed by atoms with Crippen LogP contribution < -0.4 is 10.5 Å². The SMILES string of the molecule is Cc1cc(Br)oc1C(=O)Nc1ccc(CS(N)(=O)=O)cc1. The second-order valence-electron chi connectivity index (χ2n) is 4.52. The Morgan fingerprint density at radius 3 is 2.43 bits per heavy atom. The number of hydrogen-bond donors (Lipinski definition) is 2. The highest BCUT2D eigenvalue weighted by atomic mass is 79.9. The lowest BCUT2D eigenvalue weighted by Gasteiger charge is -2.05. The van der Waals surface area contributed by atoms with Crippen molar-refractivity contribution in [2.24, 2.45) is 5.14 Å². The minimum atomic E-state index is -3.57. The Bertz CT molecular complexity index is 766. The first-order valence-corrected chi connectivity index (χ1v) is 8.42. The summed E-state index contributed by atoms with van der Waals surface area (Å²) in [6.07, 6.45) is 0. The average molecular weight is 373 g/mol. The molecule has 0 aliphatic heterocycles. The van der Waals surface area contributed by atoms with E-state index in [4.69, 9.17) is 9.56 Å². The van der Waals surface area contributed by atoms with Crippen molar-refractivity contribution in [3.05, 3.63) is 51.9 Å². The highest BCUT2D eigenvalue weighted by Crippen LogP contribution is 2.21. The first-order chi connectivity index (χ1) is 9.74. The topological polar surface area (TPSA) is 102 Å². The summed E-state index contributed by atoms with van der Waals surface area (Å²) in [4.78, 5) is 12.0. The van der Waals surface area contributed by atoms with E-state index in [0.717, 1.165) is 0 Å². The van der Waals surface area contributed by atoms with Crippen molar-refractivity contribution < 1.29 is 17.6 Å². The van der Waals surface area contributed by atoms with Crippen LogP contribution >= 0.6 is 15.9 Å². The molecule has 1 amide bonds. The molecule has 0 aliphatic rings. The first kappa shape index (κ1) is 15.7. The number of rotatable bonds is 4. The van der Waals surface area contributed by atoms with Crippen LogP contribution in [0.15, 0.2) is 39.4 Å². The van der Waals surface area contributed by atoms with Gasteiger partial charge in [-0.05, 0) is 46.6 Å². The number of nitrogens with one attached hydrogen (secondary N) is 1. The summed E-state index contributed by atoms with van der Waals surface area (Å²) >= 11 is 3.16. The van der Waals surface area contributed by atoms with Crippen molar-refractivity contribution >= 4 is 37.5 Å². The Kier molecular flexibility index (Phi) is 4.50. The molecule has 0 bridgehead atoms. The van der Waals surface area contributed by atoms with Gasteiger partial charge in [0.05, 0.1) is 5.75 Å². The number of furan rings is 1. The summed E-state index contributed by atoms with van der Waals surface area (Å²) in [6.45, 7) is 1.76. The summed E-state index contributed by atoms with van der Waals surface area (Å²) in [6, 6.07) is 8.08. The van der Waals surface area contributed by atoms with Crippen molar-refractivity contribution in [3.8, 4) is 0 Å². The second kappa shape index (κ2) is 6.00. The maximum Gasteiger partial charge on any atom is 0.291 e. The number of benzene rings is 1. The average Bonchev–Trinajstić information content (AvgIpc) is 2.69. The molecule has 0 saturated carbocycles. The van der Waals surface area contributed by atoms with Crippen molar-refractivity contribution in [2.45, 2.75) is 12.7 Å². The van der Waals surface area contributed by atoms with Gasteiger partial charge in [-0.2, -0.15) is 0 Å². The van der Waals surface area contributed by atoms with E-state index < -0.39 is 10.0 Å². The van der Waals surface area contributed by atoms with Crippen LogP contribution in [0.4, 0.5) is 5.69 Å². The van der Waals surface area contributed by atoms with Gasteiger partial charge in [0.25, 0.3) is 5.91 Å². The minimum Gasteiger partial charge on any atom is -0.444 e. The highest BCUT2D eigenvalue weighted by Gasteiger charge is 2.15. The largest absolute Gasteiger partial charge is 0.444 e. The molecule has 1 heterocycles. The fourth-order valence-corrected chi connectivity index (χ4v) is 2.94. The Labute approximate surface area is 130 Å². The zero-order valence-electron chi connectivity index (χ0n) is 11.1. The molecule has 3 N–H and O–H groups in total. The fraction of sp³-hybridized carbons (Fsp3) is 0.154.